The average molecular weight is 305 g/mol. The first kappa shape index (κ1) is 15.8. The van der Waals surface area contributed by atoms with Crippen molar-refractivity contribution in [2.45, 2.75) is 32.6 Å². The van der Waals surface area contributed by atoms with E-state index in [1.807, 2.05) is 17.0 Å². The molecule has 0 aromatic heterocycles. The molecule has 1 atom stereocenters. The summed E-state index contributed by atoms with van der Waals surface area (Å²) >= 11 is 5.44. The van der Waals surface area contributed by atoms with E-state index in [9.17, 15) is 4.79 Å². The van der Waals surface area contributed by atoms with E-state index in [1.54, 1.807) is 0 Å². The summed E-state index contributed by atoms with van der Waals surface area (Å²) in [6, 6.07) is 8.30. The van der Waals surface area contributed by atoms with Crippen molar-refractivity contribution in [3.8, 4) is 0 Å². The molecule has 1 heterocycles. The van der Waals surface area contributed by atoms with Crippen LogP contribution in [0.25, 0.3) is 0 Å². The minimum atomic E-state index is -0.233. The third-order valence-corrected chi connectivity index (χ3v) is 4.30. The summed E-state index contributed by atoms with van der Waals surface area (Å²) in [5.74, 6) is 0.190. The van der Waals surface area contributed by atoms with Crippen LogP contribution in [0.2, 0.25) is 0 Å². The van der Waals surface area contributed by atoms with Crippen molar-refractivity contribution < 1.29 is 4.79 Å². The lowest BCUT2D eigenvalue weighted by atomic mass is 9.98. The molecule has 0 saturated carbocycles. The van der Waals surface area contributed by atoms with E-state index in [0.29, 0.717) is 17.6 Å². The molecule has 0 radical (unpaired) electrons. The average Bonchev–Trinajstić information content (AvgIpc) is 2.48. The Bertz CT molecular complexity index is 513. The van der Waals surface area contributed by atoms with Crippen LogP contribution in [0.3, 0.4) is 0 Å². The molecule has 0 spiro atoms. The fourth-order valence-corrected chi connectivity index (χ4v) is 2.83. The van der Waals surface area contributed by atoms with E-state index in [0.717, 1.165) is 25.1 Å². The third kappa shape index (κ3) is 4.17. The Labute approximate surface area is 131 Å². The number of nitrogens with one attached hydrogen (secondary N) is 1. The fraction of sp³-hybridized carbons (Fsp3) is 0.500. The van der Waals surface area contributed by atoms with E-state index in [1.165, 1.54) is 5.56 Å². The number of amides is 1. The number of anilines is 1. The topological polar surface area (TPSA) is 58.4 Å². The van der Waals surface area contributed by atoms with Crippen molar-refractivity contribution >= 4 is 28.9 Å². The molecule has 2 rings (SSSR count). The molecule has 4 nitrogen and oxygen atoms in total. The SMILES string of the molecule is CC(C)c1ccc(NC(=S)N2CCC[C@@H](C(N)=O)C2)cc1. The summed E-state index contributed by atoms with van der Waals surface area (Å²) in [4.78, 5) is 13.3. The normalized spacial score (nSPS) is 18.6. The quantitative estimate of drug-likeness (QED) is 0.843. The zero-order valence-corrected chi connectivity index (χ0v) is 13.5. The van der Waals surface area contributed by atoms with Crippen molar-refractivity contribution in [3.63, 3.8) is 0 Å². The predicted molar refractivity (Wildman–Crippen MR) is 90.2 cm³/mol. The molecular weight excluding hydrogens is 282 g/mol. The van der Waals surface area contributed by atoms with Crippen LogP contribution in [0.1, 0.15) is 38.2 Å². The molecule has 3 N–H and O–H groups in total. The van der Waals surface area contributed by atoms with Gasteiger partial charge in [0.05, 0.1) is 5.92 Å². The van der Waals surface area contributed by atoms with Crippen LogP contribution >= 0.6 is 12.2 Å². The van der Waals surface area contributed by atoms with Gasteiger partial charge in [-0.2, -0.15) is 0 Å². The Hall–Kier alpha value is -1.62. The monoisotopic (exact) mass is 305 g/mol. The number of hydrogen-bond donors (Lipinski definition) is 2. The van der Waals surface area contributed by atoms with Crippen LogP contribution in [0.15, 0.2) is 24.3 Å². The van der Waals surface area contributed by atoms with E-state index < -0.39 is 0 Å². The zero-order chi connectivity index (χ0) is 15.4. The van der Waals surface area contributed by atoms with Crippen LogP contribution in [0, 0.1) is 5.92 Å². The van der Waals surface area contributed by atoms with Crippen molar-refractivity contribution in [3.05, 3.63) is 29.8 Å². The van der Waals surface area contributed by atoms with Gasteiger partial charge in [0, 0.05) is 18.8 Å². The van der Waals surface area contributed by atoms with Crippen LogP contribution in [-0.2, 0) is 4.79 Å². The van der Waals surface area contributed by atoms with Crippen LogP contribution < -0.4 is 11.1 Å². The first-order valence-corrected chi connectivity index (χ1v) is 7.83. The van der Waals surface area contributed by atoms with Crippen molar-refractivity contribution in [2.24, 2.45) is 11.7 Å². The second kappa shape index (κ2) is 6.89. The minimum absolute atomic E-state index is 0.0955. The molecule has 1 saturated heterocycles. The van der Waals surface area contributed by atoms with Gasteiger partial charge in [-0.15, -0.1) is 0 Å². The van der Waals surface area contributed by atoms with E-state index in [2.05, 4.69) is 31.3 Å². The number of carbonyl (C=O) groups is 1. The Morgan fingerprint density at radius 1 is 1.38 bits per heavy atom. The Morgan fingerprint density at radius 2 is 2.05 bits per heavy atom. The van der Waals surface area contributed by atoms with Gasteiger partial charge in [-0.3, -0.25) is 4.79 Å². The number of thiocarbonyl (C=S) groups is 1. The maximum atomic E-state index is 11.3. The molecule has 21 heavy (non-hydrogen) atoms. The number of benzene rings is 1. The van der Waals surface area contributed by atoms with Gasteiger partial charge in [0.2, 0.25) is 5.91 Å². The Balaban J connectivity index is 1.96. The highest BCUT2D eigenvalue weighted by Gasteiger charge is 2.25. The number of piperidine rings is 1. The van der Waals surface area contributed by atoms with Gasteiger partial charge >= 0.3 is 0 Å². The second-order valence-corrected chi connectivity index (χ2v) is 6.28. The molecule has 1 amide bonds. The minimum Gasteiger partial charge on any atom is -0.369 e. The molecule has 1 aliphatic rings. The summed E-state index contributed by atoms with van der Waals surface area (Å²) < 4.78 is 0. The van der Waals surface area contributed by atoms with Gasteiger partial charge in [-0.05, 0) is 48.7 Å². The van der Waals surface area contributed by atoms with Crippen LogP contribution in [-0.4, -0.2) is 29.0 Å². The van der Waals surface area contributed by atoms with E-state index in [-0.39, 0.29) is 11.8 Å². The van der Waals surface area contributed by atoms with Crippen molar-refractivity contribution in [1.29, 1.82) is 0 Å². The molecule has 0 aliphatic carbocycles. The smallest absolute Gasteiger partial charge is 0.222 e. The highest BCUT2D eigenvalue weighted by molar-refractivity contribution is 7.80. The molecule has 114 valence electrons. The Morgan fingerprint density at radius 3 is 2.62 bits per heavy atom. The van der Waals surface area contributed by atoms with Gasteiger partial charge in [0.1, 0.15) is 0 Å². The molecule has 5 heteroatoms. The lowest BCUT2D eigenvalue weighted by Gasteiger charge is -2.33. The highest BCUT2D eigenvalue weighted by Crippen LogP contribution is 2.19. The highest BCUT2D eigenvalue weighted by atomic mass is 32.1. The molecule has 1 aromatic carbocycles. The lowest BCUT2D eigenvalue weighted by Crippen LogP contribution is -2.45. The van der Waals surface area contributed by atoms with Crippen LogP contribution in [0.5, 0.6) is 0 Å². The predicted octanol–water partition coefficient (Wildman–Crippen LogP) is 2.70. The largest absolute Gasteiger partial charge is 0.369 e. The first-order chi connectivity index (χ1) is 9.97. The maximum absolute atomic E-state index is 11.3. The van der Waals surface area contributed by atoms with Crippen LogP contribution in [0.4, 0.5) is 5.69 Å². The Kier molecular flexibility index (Phi) is 5.17. The van der Waals surface area contributed by atoms with Crippen molar-refractivity contribution in [1.82, 2.24) is 4.90 Å². The second-order valence-electron chi connectivity index (χ2n) is 5.89. The van der Waals surface area contributed by atoms with E-state index in [4.69, 9.17) is 18.0 Å². The summed E-state index contributed by atoms with van der Waals surface area (Å²) in [7, 11) is 0. The number of likely N-dealkylation sites (tertiary alicyclic amines) is 1. The third-order valence-electron chi connectivity index (χ3n) is 3.94. The number of carbonyl (C=O) groups excluding carboxylic acids is 1. The number of rotatable bonds is 3. The number of nitrogens with zero attached hydrogens (tertiary/aromatic N) is 1. The number of primary amides is 1. The molecule has 1 aliphatic heterocycles. The molecule has 1 fully saturated rings. The molecule has 1 aromatic rings. The van der Waals surface area contributed by atoms with Gasteiger partial charge in [0.25, 0.3) is 0 Å². The summed E-state index contributed by atoms with van der Waals surface area (Å²) in [6.07, 6.45) is 1.80. The van der Waals surface area contributed by atoms with E-state index >= 15 is 0 Å². The summed E-state index contributed by atoms with van der Waals surface area (Å²) in [5, 5.41) is 3.91. The standard InChI is InChI=1S/C16H23N3OS/c1-11(2)12-5-7-14(8-6-12)18-16(21)19-9-3-4-13(10-19)15(17)20/h5-8,11,13H,3-4,9-10H2,1-2H3,(H2,17,20)(H,18,21)/t13-/m1/s1. The van der Waals surface area contributed by atoms with Gasteiger partial charge in [-0.1, -0.05) is 26.0 Å². The summed E-state index contributed by atoms with van der Waals surface area (Å²) in [6.45, 7) is 5.83. The lowest BCUT2D eigenvalue weighted by molar-refractivity contribution is -0.122. The van der Waals surface area contributed by atoms with Crippen molar-refractivity contribution in [2.75, 3.05) is 18.4 Å². The fourth-order valence-electron chi connectivity index (χ4n) is 2.55. The number of hydrogen-bond acceptors (Lipinski definition) is 2. The first-order valence-electron chi connectivity index (χ1n) is 7.42. The van der Waals surface area contributed by atoms with Gasteiger partial charge < -0.3 is 16.0 Å². The van der Waals surface area contributed by atoms with Gasteiger partial charge in [0.15, 0.2) is 5.11 Å². The molecule has 0 bridgehead atoms. The maximum Gasteiger partial charge on any atom is 0.222 e. The summed E-state index contributed by atoms with van der Waals surface area (Å²) in [5.41, 5.74) is 7.68. The molecular formula is C16H23N3OS. The zero-order valence-electron chi connectivity index (χ0n) is 12.6. The number of nitrogens with two attached hydrogens (primary N) is 1. The molecule has 0 unspecified atom stereocenters. The van der Waals surface area contributed by atoms with Gasteiger partial charge in [-0.25, -0.2) is 0 Å².